The molecule has 0 atom stereocenters. The number of hydrogen-bond donors (Lipinski definition) is 2. The summed E-state index contributed by atoms with van der Waals surface area (Å²) in [5.41, 5.74) is 9.91. The average Bonchev–Trinajstić information content (AvgIpc) is 3.48. The number of likely N-dealkylation sites (tertiary alicyclic amines) is 1. The molecule has 2 amide bonds. The Kier molecular flexibility index (Phi) is 20.4. The number of aliphatic hydroxyl groups excluding tert-OH is 2. The maximum atomic E-state index is 12.2. The van der Waals surface area contributed by atoms with Crippen molar-refractivity contribution in [2.45, 2.75) is 13.0 Å². The molecule has 1 aromatic carbocycles. The van der Waals surface area contributed by atoms with Crippen LogP contribution in [0, 0.1) is 0 Å². The van der Waals surface area contributed by atoms with Gasteiger partial charge >= 0.3 is 0 Å². The van der Waals surface area contributed by atoms with Gasteiger partial charge in [-0.1, -0.05) is 22.5 Å². The number of carbonyl (C=O) groups is 2. The maximum Gasteiger partial charge on any atom is 0.260 e. The number of aromatic nitrogens is 3. The molecule has 0 spiro atoms. The minimum atomic E-state index is -0.262. The van der Waals surface area contributed by atoms with Crippen molar-refractivity contribution in [2.75, 3.05) is 79.2 Å². The van der Waals surface area contributed by atoms with Crippen LogP contribution in [0.3, 0.4) is 0 Å². The quantitative estimate of drug-likeness (QED) is 0.0464. The van der Waals surface area contributed by atoms with Crippen LogP contribution in [-0.4, -0.2) is 137 Å². The molecular formula is C24H35B2N7O8. The first-order chi connectivity index (χ1) is 20.1. The molecule has 2 heterocycles. The van der Waals surface area contributed by atoms with Gasteiger partial charge in [0.15, 0.2) is 0 Å². The molecule has 0 unspecified atom stereocenters. The van der Waals surface area contributed by atoms with E-state index < -0.39 is 0 Å². The highest BCUT2D eigenvalue weighted by molar-refractivity contribution is 6.75. The van der Waals surface area contributed by atoms with Gasteiger partial charge < -0.3 is 29.2 Å². The van der Waals surface area contributed by atoms with E-state index in [1.54, 1.807) is 35.1 Å². The number of benzene rings is 1. The molecule has 0 aliphatic carbocycles. The van der Waals surface area contributed by atoms with Gasteiger partial charge in [-0.2, -0.15) is 0 Å². The Hall–Kier alpha value is -3.30. The Bertz CT molecular complexity index is 1040. The van der Waals surface area contributed by atoms with Crippen molar-refractivity contribution in [3.8, 4) is 11.3 Å². The van der Waals surface area contributed by atoms with E-state index in [4.69, 9.17) is 34.7 Å². The van der Waals surface area contributed by atoms with Gasteiger partial charge in [-0.05, 0) is 17.7 Å². The van der Waals surface area contributed by atoms with Gasteiger partial charge in [0.25, 0.3) is 5.91 Å². The number of azide groups is 1. The lowest BCUT2D eigenvalue weighted by Crippen LogP contribution is -2.47. The van der Waals surface area contributed by atoms with Crippen molar-refractivity contribution in [3.05, 3.63) is 46.5 Å². The van der Waals surface area contributed by atoms with E-state index in [1.807, 2.05) is 0 Å². The van der Waals surface area contributed by atoms with E-state index in [1.165, 1.54) is 4.90 Å². The van der Waals surface area contributed by atoms with Gasteiger partial charge in [-0.3, -0.25) is 14.5 Å². The molecule has 1 saturated heterocycles. The number of β-lactam (4-membered cyclic amide) rings is 1. The van der Waals surface area contributed by atoms with Crippen LogP contribution in [-0.2, 0) is 30.3 Å². The normalized spacial score (nSPS) is 11.9. The number of hydrogen-bond acceptors (Lipinski definition) is 11. The van der Waals surface area contributed by atoms with E-state index in [9.17, 15) is 9.59 Å². The van der Waals surface area contributed by atoms with Crippen molar-refractivity contribution >= 4 is 27.3 Å². The van der Waals surface area contributed by atoms with Crippen LogP contribution >= 0.6 is 0 Å². The van der Waals surface area contributed by atoms with Crippen LogP contribution in [0.2, 0.25) is 0 Å². The van der Waals surface area contributed by atoms with Crippen LogP contribution < -0.4 is 0 Å². The number of amides is 2. The lowest BCUT2D eigenvalue weighted by atomic mass is 9.81. The molecule has 220 valence electrons. The molecule has 2 N–H and O–H groups in total. The Balaban J connectivity index is 0.000000508. The molecule has 1 aromatic heterocycles. The van der Waals surface area contributed by atoms with Crippen LogP contribution in [0.15, 0.2) is 35.6 Å². The van der Waals surface area contributed by atoms with Crippen molar-refractivity contribution in [1.29, 1.82) is 0 Å². The van der Waals surface area contributed by atoms with Crippen LogP contribution in [0.1, 0.15) is 16.8 Å². The SMILES string of the molecule is O=C1CCN1C(=O)c1ccc(-c2cn(CCOCCOCCO)nn2)cc1.[B][B].[N-]=[N+]=NCCOCCOCCO. The first kappa shape index (κ1) is 35.7. The predicted molar refractivity (Wildman–Crippen MR) is 149 cm³/mol. The smallest absolute Gasteiger partial charge is 0.260 e. The number of ether oxygens (including phenoxy) is 4. The largest absolute Gasteiger partial charge is 0.394 e. The summed E-state index contributed by atoms with van der Waals surface area (Å²) < 4.78 is 22.1. The molecule has 2 aromatic rings. The third-order valence-corrected chi connectivity index (χ3v) is 5.14. The molecule has 1 aliphatic heterocycles. The van der Waals surface area contributed by atoms with Crippen LogP contribution in [0.5, 0.6) is 0 Å². The minimum Gasteiger partial charge on any atom is -0.394 e. The highest BCUT2D eigenvalue weighted by Gasteiger charge is 2.30. The summed E-state index contributed by atoms with van der Waals surface area (Å²) in [4.78, 5) is 27.3. The van der Waals surface area contributed by atoms with Crippen molar-refractivity contribution in [3.63, 3.8) is 0 Å². The Labute approximate surface area is 241 Å². The van der Waals surface area contributed by atoms with E-state index >= 15 is 0 Å². The van der Waals surface area contributed by atoms with E-state index in [0.29, 0.717) is 90.2 Å². The highest BCUT2D eigenvalue weighted by atomic mass is 16.5. The molecule has 4 radical (unpaired) electrons. The number of carbonyl (C=O) groups excluding carboxylic acids is 2. The number of aliphatic hydroxyl groups is 2. The number of imide groups is 1. The van der Waals surface area contributed by atoms with Crippen molar-refractivity contribution in [1.82, 2.24) is 19.9 Å². The summed E-state index contributed by atoms with van der Waals surface area (Å²) >= 11 is 0. The molecule has 41 heavy (non-hydrogen) atoms. The standard InChI is InChI=1S/C18H22N4O5.C6H13N3O3.B2/c23-8-10-27-12-11-26-9-7-21-13-16(19-20-21)14-1-3-15(4-2-14)18(25)22-6-5-17(22)24;7-9-8-1-3-11-5-6-12-4-2-10;1-2/h1-4,13,23H,5-12H2;10H,1-6H2;. The fourth-order valence-corrected chi connectivity index (χ4v) is 3.09. The average molecular weight is 571 g/mol. The topological polar surface area (TPSA) is 194 Å². The summed E-state index contributed by atoms with van der Waals surface area (Å²) in [6, 6.07) is 6.97. The third kappa shape index (κ3) is 14.8. The van der Waals surface area contributed by atoms with Gasteiger partial charge in [0.05, 0.1) is 78.8 Å². The molecular weight excluding hydrogens is 536 g/mol. The summed E-state index contributed by atoms with van der Waals surface area (Å²) in [6.07, 6.45) is 2.24. The molecule has 0 saturated carbocycles. The van der Waals surface area contributed by atoms with Gasteiger partial charge in [-0.25, -0.2) is 4.68 Å². The second-order valence-corrected chi connectivity index (χ2v) is 7.90. The van der Waals surface area contributed by atoms with Crippen LogP contribution in [0.4, 0.5) is 0 Å². The first-order valence-corrected chi connectivity index (χ1v) is 12.8. The van der Waals surface area contributed by atoms with Gasteiger partial charge in [0.2, 0.25) is 5.91 Å². The van der Waals surface area contributed by atoms with Gasteiger partial charge in [0.1, 0.15) is 5.69 Å². The van der Waals surface area contributed by atoms with Crippen molar-refractivity contribution < 1.29 is 38.7 Å². The lowest BCUT2D eigenvalue weighted by Gasteiger charge is -2.28. The van der Waals surface area contributed by atoms with Gasteiger partial charge in [-0.15, -0.1) is 5.10 Å². The highest BCUT2D eigenvalue weighted by Crippen LogP contribution is 2.19. The molecule has 1 fully saturated rings. The second-order valence-electron chi connectivity index (χ2n) is 7.90. The van der Waals surface area contributed by atoms with E-state index in [0.717, 1.165) is 5.56 Å². The Morgan fingerprint density at radius 1 is 0.951 bits per heavy atom. The fraction of sp³-hybridized carbons (Fsp3) is 0.583. The summed E-state index contributed by atoms with van der Waals surface area (Å²) in [5, 5.41) is 28.4. The molecule has 15 nitrogen and oxygen atoms in total. The van der Waals surface area contributed by atoms with Gasteiger partial charge in [0, 0.05) is 51.0 Å². The minimum absolute atomic E-state index is 0.00720. The Morgan fingerprint density at radius 3 is 2.05 bits per heavy atom. The zero-order chi connectivity index (χ0) is 30.1. The summed E-state index contributed by atoms with van der Waals surface area (Å²) in [7, 11) is 8.00. The number of rotatable bonds is 18. The second kappa shape index (κ2) is 23.4. The van der Waals surface area contributed by atoms with E-state index in [2.05, 4.69) is 35.8 Å². The summed E-state index contributed by atoms with van der Waals surface area (Å²) in [6.45, 7) is 4.77. The fourth-order valence-electron chi connectivity index (χ4n) is 3.09. The summed E-state index contributed by atoms with van der Waals surface area (Å²) in [5.74, 6) is -0.393. The predicted octanol–water partition coefficient (Wildman–Crippen LogP) is -0.0963. The molecule has 3 rings (SSSR count). The van der Waals surface area contributed by atoms with Crippen LogP contribution in [0.25, 0.3) is 21.7 Å². The lowest BCUT2D eigenvalue weighted by molar-refractivity contribution is -0.135. The monoisotopic (exact) mass is 571 g/mol. The first-order valence-electron chi connectivity index (χ1n) is 12.8. The maximum absolute atomic E-state index is 12.2. The number of nitrogens with zero attached hydrogens (tertiary/aromatic N) is 7. The molecule has 1 aliphatic rings. The zero-order valence-corrected chi connectivity index (χ0v) is 22.9. The van der Waals surface area contributed by atoms with E-state index in [-0.39, 0.29) is 25.0 Å². The zero-order valence-electron chi connectivity index (χ0n) is 22.9. The Morgan fingerprint density at radius 2 is 1.54 bits per heavy atom. The third-order valence-electron chi connectivity index (χ3n) is 5.14. The molecule has 17 heteroatoms. The van der Waals surface area contributed by atoms with Crippen molar-refractivity contribution in [2.24, 2.45) is 5.11 Å². The molecule has 0 bridgehead atoms.